The van der Waals surface area contributed by atoms with Crippen molar-refractivity contribution in [2.75, 3.05) is 0 Å². The van der Waals surface area contributed by atoms with E-state index in [1.165, 1.54) is 0 Å². The number of alkyl halides is 3. The molecule has 0 fully saturated rings. The van der Waals surface area contributed by atoms with Crippen molar-refractivity contribution in [1.82, 2.24) is 0 Å². The van der Waals surface area contributed by atoms with Crippen LogP contribution >= 0.6 is 0 Å². The molecular weight excluding hydrogens is 219 g/mol. The first-order valence-corrected chi connectivity index (χ1v) is 3.80. The fourth-order valence-electron chi connectivity index (χ4n) is 1.14. The Kier molecular flexibility index (Phi) is 2.79. The van der Waals surface area contributed by atoms with E-state index in [0.717, 1.165) is 6.92 Å². The maximum absolute atomic E-state index is 12.9. The quantitative estimate of drug-likeness (QED) is 0.528. The number of halogens is 5. The van der Waals surface area contributed by atoms with Gasteiger partial charge in [0.2, 0.25) is 0 Å². The lowest BCUT2D eigenvalue weighted by atomic mass is 10.0. The first-order chi connectivity index (χ1) is 6.73. The van der Waals surface area contributed by atoms with Crippen LogP contribution in [0.3, 0.4) is 0 Å². The number of ketones is 1. The third-order valence-corrected chi connectivity index (χ3v) is 1.72. The molecular formula is C9H5F5O. The van der Waals surface area contributed by atoms with Gasteiger partial charge in [-0.05, 0) is 13.0 Å². The summed E-state index contributed by atoms with van der Waals surface area (Å²) in [6, 6.07) is 0.462. The zero-order valence-corrected chi connectivity index (χ0v) is 7.45. The smallest absolute Gasteiger partial charge is 0.294 e. The summed E-state index contributed by atoms with van der Waals surface area (Å²) in [4.78, 5) is 10.8. The molecule has 0 amide bonds. The summed E-state index contributed by atoms with van der Waals surface area (Å²) in [5.74, 6) is -4.04. The van der Waals surface area contributed by atoms with Crippen LogP contribution in [-0.4, -0.2) is 5.78 Å². The van der Waals surface area contributed by atoms with Gasteiger partial charge in [-0.3, -0.25) is 4.79 Å². The molecule has 0 aliphatic heterocycles. The van der Waals surface area contributed by atoms with Crippen LogP contribution in [0.1, 0.15) is 22.8 Å². The minimum absolute atomic E-state index is 0.0925. The molecule has 6 heteroatoms. The monoisotopic (exact) mass is 224 g/mol. The second-order valence-electron chi connectivity index (χ2n) is 2.86. The van der Waals surface area contributed by atoms with Gasteiger partial charge in [0.1, 0.15) is 17.2 Å². The Morgan fingerprint density at radius 3 is 2.13 bits per heavy atom. The molecule has 15 heavy (non-hydrogen) atoms. The largest absolute Gasteiger partial charge is 0.419 e. The topological polar surface area (TPSA) is 17.1 Å². The van der Waals surface area contributed by atoms with Gasteiger partial charge in [0.25, 0.3) is 0 Å². The summed E-state index contributed by atoms with van der Waals surface area (Å²) >= 11 is 0. The average molecular weight is 224 g/mol. The van der Waals surface area contributed by atoms with Crippen molar-refractivity contribution >= 4 is 5.78 Å². The predicted molar refractivity (Wildman–Crippen MR) is 41.4 cm³/mol. The van der Waals surface area contributed by atoms with E-state index in [9.17, 15) is 26.7 Å². The Morgan fingerprint density at radius 1 is 1.20 bits per heavy atom. The van der Waals surface area contributed by atoms with E-state index >= 15 is 0 Å². The highest BCUT2D eigenvalue weighted by atomic mass is 19.4. The molecule has 1 aromatic carbocycles. The third kappa shape index (κ3) is 2.31. The number of hydrogen-bond acceptors (Lipinski definition) is 1. The summed E-state index contributed by atoms with van der Waals surface area (Å²) in [5.41, 5.74) is -2.73. The highest BCUT2D eigenvalue weighted by Crippen LogP contribution is 2.34. The minimum Gasteiger partial charge on any atom is -0.294 e. The molecule has 0 radical (unpaired) electrons. The lowest BCUT2D eigenvalue weighted by molar-refractivity contribution is -0.140. The fraction of sp³-hybridized carbons (Fsp3) is 0.222. The van der Waals surface area contributed by atoms with Crippen molar-refractivity contribution in [3.05, 3.63) is 34.9 Å². The van der Waals surface area contributed by atoms with Crippen LogP contribution in [0.15, 0.2) is 12.1 Å². The lowest BCUT2D eigenvalue weighted by Crippen LogP contribution is -2.15. The third-order valence-electron chi connectivity index (χ3n) is 1.72. The lowest BCUT2D eigenvalue weighted by Gasteiger charge is -2.11. The van der Waals surface area contributed by atoms with Gasteiger partial charge in [0.05, 0.1) is 0 Å². The SMILES string of the molecule is CC(=O)c1cc(F)cc(F)c1C(F)(F)F. The van der Waals surface area contributed by atoms with Crippen LogP contribution in [0, 0.1) is 11.6 Å². The molecule has 0 saturated heterocycles. The van der Waals surface area contributed by atoms with Crippen LogP contribution in [0.5, 0.6) is 0 Å². The van der Waals surface area contributed by atoms with Crippen LogP contribution in [0.25, 0.3) is 0 Å². The molecule has 82 valence electrons. The highest BCUT2D eigenvalue weighted by Gasteiger charge is 2.38. The summed E-state index contributed by atoms with van der Waals surface area (Å²) in [7, 11) is 0. The van der Waals surface area contributed by atoms with Gasteiger partial charge in [-0.15, -0.1) is 0 Å². The number of carbonyl (C=O) groups is 1. The Hall–Kier alpha value is -1.46. The van der Waals surface area contributed by atoms with E-state index < -0.39 is 34.7 Å². The first-order valence-electron chi connectivity index (χ1n) is 3.80. The van der Waals surface area contributed by atoms with Gasteiger partial charge in [-0.2, -0.15) is 13.2 Å². The highest BCUT2D eigenvalue weighted by molar-refractivity contribution is 5.95. The second-order valence-corrected chi connectivity index (χ2v) is 2.86. The first kappa shape index (κ1) is 11.6. The summed E-state index contributed by atoms with van der Waals surface area (Å²) in [6.45, 7) is 0.809. The van der Waals surface area contributed by atoms with Crippen molar-refractivity contribution < 1.29 is 26.7 Å². The molecule has 0 saturated carbocycles. The zero-order valence-electron chi connectivity index (χ0n) is 7.45. The molecule has 0 spiro atoms. The number of Topliss-reactive ketones (excluding diaryl/α,β-unsaturated/α-hetero) is 1. The van der Waals surface area contributed by atoms with Crippen LogP contribution in [0.4, 0.5) is 22.0 Å². The standard InChI is InChI=1S/C9H5F5O/c1-4(15)6-2-5(10)3-7(11)8(6)9(12,13)14/h2-3H,1H3. The molecule has 1 nitrogen and oxygen atoms in total. The van der Waals surface area contributed by atoms with E-state index in [0.29, 0.717) is 6.07 Å². The van der Waals surface area contributed by atoms with Crippen molar-refractivity contribution in [3.63, 3.8) is 0 Å². The summed E-state index contributed by atoms with van der Waals surface area (Å²) in [5, 5.41) is 0. The Morgan fingerprint density at radius 2 is 1.73 bits per heavy atom. The van der Waals surface area contributed by atoms with E-state index in [1.807, 2.05) is 0 Å². The zero-order chi connectivity index (χ0) is 11.8. The van der Waals surface area contributed by atoms with Gasteiger partial charge >= 0.3 is 6.18 Å². The van der Waals surface area contributed by atoms with Gasteiger partial charge in [0, 0.05) is 11.6 Å². The average Bonchev–Trinajstić information content (AvgIpc) is 1.99. The van der Waals surface area contributed by atoms with Crippen molar-refractivity contribution in [3.8, 4) is 0 Å². The Bertz CT molecular complexity index is 408. The maximum atomic E-state index is 12.9. The Balaban J connectivity index is 3.55. The second kappa shape index (κ2) is 3.60. The van der Waals surface area contributed by atoms with Crippen molar-refractivity contribution in [1.29, 1.82) is 0 Å². The fourth-order valence-corrected chi connectivity index (χ4v) is 1.14. The molecule has 1 rings (SSSR count). The van der Waals surface area contributed by atoms with E-state index in [4.69, 9.17) is 0 Å². The molecule has 0 heterocycles. The maximum Gasteiger partial charge on any atom is 0.419 e. The van der Waals surface area contributed by atoms with Gasteiger partial charge in [-0.1, -0.05) is 0 Å². The summed E-state index contributed by atoms with van der Waals surface area (Å²) < 4.78 is 62.3. The summed E-state index contributed by atoms with van der Waals surface area (Å²) in [6.07, 6.45) is -5.02. The van der Waals surface area contributed by atoms with Gasteiger partial charge < -0.3 is 0 Å². The molecule has 0 aromatic heterocycles. The number of carbonyl (C=O) groups excluding carboxylic acids is 1. The predicted octanol–water partition coefficient (Wildman–Crippen LogP) is 3.19. The van der Waals surface area contributed by atoms with Crippen LogP contribution in [0.2, 0.25) is 0 Å². The number of benzene rings is 1. The van der Waals surface area contributed by atoms with Crippen molar-refractivity contribution in [2.24, 2.45) is 0 Å². The number of hydrogen-bond donors (Lipinski definition) is 0. The van der Waals surface area contributed by atoms with E-state index in [1.54, 1.807) is 0 Å². The van der Waals surface area contributed by atoms with Crippen LogP contribution in [-0.2, 0) is 6.18 Å². The normalized spacial score (nSPS) is 11.6. The minimum atomic E-state index is -5.02. The molecule has 0 atom stereocenters. The molecule has 0 aliphatic rings. The van der Waals surface area contributed by atoms with Gasteiger partial charge in [-0.25, -0.2) is 8.78 Å². The number of rotatable bonds is 1. The molecule has 0 aliphatic carbocycles. The Labute approximate surface area is 81.5 Å². The molecule has 0 unspecified atom stereocenters. The molecule has 0 N–H and O–H groups in total. The van der Waals surface area contributed by atoms with E-state index in [2.05, 4.69) is 0 Å². The van der Waals surface area contributed by atoms with Crippen LogP contribution < -0.4 is 0 Å². The van der Waals surface area contributed by atoms with E-state index in [-0.39, 0.29) is 6.07 Å². The van der Waals surface area contributed by atoms with Gasteiger partial charge in [0.15, 0.2) is 5.78 Å². The molecule has 1 aromatic rings. The van der Waals surface area contributed by atoms with Crippen molar-refractivity contribution in [2.45, 2.75) is 13.1 Å². The molecule has 0 bridgehead atoms.